The number of phenols is 1. The van der Waals surface area contributed by atoms with E-state index in [1.54, 1.807) is 0 Å². The average Bonchev–Trinajstić information content (AvgIpc) is 2.47. The molecule has 21 heavy (non-hydrogen) atoms. The lowest BCUT2D eigenvalue weighted by atomic mass is 10.1. The molecule has 1 aromatic carbocycles. The zero-order valence-corrected chi connectivity index (χ0v) is 12.2. The normalized spacial score (nSPS) is 17.0. The van der Waals surface area contributed by atoms with Gasteiger partial charge in [-0.2, -0.15) is 4.31 Å². The third-order valence-electron chi connectivity index (χ3n) is 3.53. The zero-order chi connectivity index (χ0) is 15.6. The largest absolute Gasteiger partial charge is 0.502 e. The molecule has 1 N–H and O–H groups in total. The lowest BCUT2D eigenvalue weighted by molar-refractivity contribution is -0.386. The van der Waals surface area contributed by atoms with Gasteiger partial charge >= 0.3 is 5.69 Å². The summed E-state index contributed by atoms with van der Waals surface area (Å²) in [6.07, 6.45) is 1.16. The lowest BCUT2D eigenvalue weighted by Crippen LogP contribution is -2.40. The van der Waals surface area contributed by atoms with E-state index in [2.05, 4.69) is 0 Å². The summed E-state index contributed by atoms with van der Waals surface area (Å²) in [5.74, 6) is -0.562. The van der Waals surface area contributed by atoms with Gasteiger partial charge in [-0.1, -0.05) is 0 Å². The molecule has 0 spiro atoms. The Morgan fingerprint density at radius 2 is 2.00 bits per heavy atom. The number of sulfonamides is 1. The number of nitro benzene ring substituents is 1. The lowest BCUT2D eigenvalue weighted by Gasteiger charge is -2.30. The first kappa shape index (κ1) is 15.7. The number of hydrogen-bond donors (Lipinski definition) is 1. The van der Waals surface area contributed by atoms with Gasteiger partial charge in [0.1, 0.15) is 0 Å². The highest BCUT2D eigenvalue weighted by Crippen LogP contribution is 2.30. The maximum Gasteiger partial charge on any atom is 0.312 e. The van der Waals surface area contributed by atoms with Crippen molar-refractivity contribution in [1.82, 2.24) is 4.31 Å². The maximum absolute atomic E-state index is 12.5. The first-order valence-corrected chi connectivity index (χ1v) is 7.81. The second-order valence-electron chi connectivity index (χ2n) is 4.77. The molecule has 0 saturated carbocycles. The number of benzene rings is 1. The number of phenolic OH excluding ortho intramolecular Hbond substituents is 1. The van der Waals surface area contributed by atoms with Gasteiger partial charge in [-0.25, -0.2) is 8.42 Å². The molecule has 0 unspecified atom stereocenters. The van der Waals surface area contributed by atoms with Crippen LogP contribution in [0, 0.1) is 10.1 Å². The summed E-state index contributed by atoms with van der Waals surface area (Å²) in [4.78, 5) is 9.77. The molecule has 0 aromatic heterocycles. The van der Waals surface area contributed by atoms with E-state index in [0.717, 1.165) is 18.2 Å². The molecular formula is C12H16N2O6S. The van der Waals surface area contributed by atoms with Gasteiger partial charge in [-0.15, -0.1) is 0 Å². The van der Waals surface area contributed by atoms with Crippen molar-refractivity contribution in [2.24, 2.45) is 0 Å². The second-order valence-corrected chi connectivity index (χ2v) is 6.77. The summed E-state index contributed by atoms with van der Waals surface area (Å²) < 4.78 is 31.4. The molecule has 1 aliphatic heterocycles. The van der Waals surface area contributed by atoms with Gasteiger partial charge in [0.05, 0.1) is 9.82 Å². The van der Waals surface area contributed by atoms with Crippen molar-refractivity contribution in [3.8, 4) is 5.75 Å². The Labute approximate surface area is 122 Å². The van der Waals surface area contributed by atoms with Crippen LogP contribution < -0.4 is 0 Å². The fourth-order valence-electron chi connectivity index (χ4n) is 2.22. The Morgan fingerprint density at radius 3 is 2.57 bits per heavy atom. The standard InChI is InChI=1S/C12H16N2O6S/c1-13(9-4-6-20-7-5-9)21(18,19)10-2-3-12(15)11(8-10)14(16)17/h2-3,8-9,15H,4-7H2,1H3. The van der Waals surface area contributed by atoms with Crippen LogP contribution in [0.4, 0.5) is 5.69 Å². The Kier molecular flexibility index (Phi) is 4.45. The van der Waals surface area contributed by atoms with Crippen molar-refractivity contribution < 1.29 is 23.2 Å². The van der Waals surface area contributed by atoms with Gasteiger partial charge in [0, 0.05) is 32.4 Å². The molecule has 0 bridgehead atoms. The quantitative estimate of drug-likeness (QED) is 0.658. The molecule has 116 valence electrons. The average molecular weight is 316 g/mol. The van der Waals surface area contributed by atoms with Crippen LogP contribution in [-0.2, 0) is 14.8 Å². The van der Waals surface area contributed by atoms with Gasteiger partial charge in [0.15, 0.2) is 5.75 Å². The summed E-state index contributed by atoms with van der Waals surface area (Å²) >= 11 is 0. The Morgan fingerprint density at radius 1 is 1.38 bits per heavy atom. The van der Waals surface area contributed by atoms with Crippen molar-refractivity contribution in [2.45, 2.75) is 23.8 Å². The van der Waals surface area contributed by atoms with Gasteiger partial charge in [-0.05, 0) is 25.0 Å². The molecule has 1 heterocycles. The molecule has 1 saturated heterocycles. The zero-order valence-electron chi connectivity index (χ0n) is 11.4. The minimum Gasteiger partial charge on any atom is -0.502 e. The van der Waals surface area contributed by atoms with Crippen LogP contribution in [0.25, 0.3) is 0 Å². The Bertz CT molecular complexity index is 639. The predicted octanol–water partition coefficient (Wildman–Crippen LogP) is 1.10. The Hall–Kier alpha value is -1.71. The molecule has 2 rings (SSSR count). The van der Waals surface area contributed by atoms with E-state index in [0.29, 0.717) is 26.1 Å². The van der Waals surface area contributed by atoms with Crippen LogP contribution in [0.2, 0.25) is 0 Å². The highest BCUT2D eigenvalue weighted by atomic mass is 32.2. The summed E-state index contributed by atoms with van der Waals surface area (Å²) in [5.41, 5.74) is -0.628. The molecule has 1 fully saturated rings. The fourth-order valence-corrected chi connectivity index (χ4v) is 3.66. The smallest absolute Gasteiger partial charge is 0.312 e. The maximum atomic E-state index is 12.5. The number of ether oxygens (including phenoxy) is 1. The third kappa shape index (κ3) is 3.14. The molecule has 9 heteroatoms. The topological polar surface area (TPSA) is 110 Å². The van der Waals surface area contributed by atoms with E-state index in [-0.39, 0.29) is 10.9 Å². The van der Waals surface area contributed by atoms with E-state index in [1.165, 1.54) is 11.4 Å². The first-order chi connectivity index (χ1) is 9.84. The summed E-state index contributed by atoms with van der Waals surface area (Å²) in [6, 6.07) is 2.85. The van der Waals surface area contributed by atoms with E-state index in [9.17, 15) is 23.6 Å². The molecule has 0 amide bonds. The SMILES string of the molecule is CN(C1CCOCC1)S(=O)(=O)c1ccc(O)c([N+](=O)[O-])c1. The molecule has 8 nitrogen and oxygen atoms in total. The predicted molar refractivity (Wildman–Crippen MR) is 73.6 cm³/mol. The van der Waals surface area contributed by atoms with Crippen LogP contribution in [0.15, 0.2) is 23.1 Å². The molecule has 0 aliphatic carbocycles. The first-order valence-electron chi connectivity index (χ1n) is 6.37. The van der Waals surface area contributed by atoms with Crippen LogP contribution >= 0.6 is 0 Å². The fraction of sp³-hybridized carbons (Fsp3) is 0.500. The summed E-state index contributed by atoms with van der Waals surface area (Å²) in [5, 5.41) is 20.2. The van der Waals surface area contributed by atoms with Crippen molar-refractivity contribution in [2.75, 3.05) is 20.3 Å². The summed E-state index contributed by atoms with van der Waals surface area (Å²) in [7, 11) is -2.40. The van der Waals surface area contributed by atoms with Crippen LogP contribution in [-0.4, -0.2) is 49.1 Å². The minimum absolute atomic E-state index is 0.198. The molecule has 0 atom stereocenters. The number of rotatable bonds is 4. The van der Waals surface area contributed by atoms with Crippen molar-refractivity contribution in [3.63, 3.8) is 0 Å². The van der Waals surface area contributed by atoms with E-state index < -0.39 is 26.4 Å². The number of nitrogens with zero attached hydrogens (tertiary/aromatic N) is 2. The van der Waals surface area contributed by atoms with Crippen LogP contribution in [0.1, 0.15) is 12.8 Å². The number of aromatic hydroxyl groups is 1. The molecular weight excluding hydrogens is 300 g/mol. The van der Waals surface area contributed by atoms with Crippen LogP contribution in [0.3, 0.4) is 0 Å². The van der Waals surface area contributed by atoms with Gasteiger partial charge < -0.3 is 9.84 Å². The van der Waals surface area contributed by atoms with E-state index >= 15 is 0 Å². The van der Waals surface area contributed by atoms with Crippen molar-refractivity contribution in [3.05, 3.63) is 28.3 Å². The highest BCUT2D eigenvalue weighted by Gasteiger charge is 2.31. The number of hydrogen-bond acceptors (Lipinski definition) is 6. The molecule has 1 aliphatic rings. The molecule has 1 aromatic rings. The monoisotopic (exact) mass is 316 g/mol. The van der Waals surface area contributed by atoms with Crippen molar-refractivity contribution >= 4 is 15.7 Å². The Balaban J connectivity index is 2.34. The van der Waals surface area contributed by atoms with Crippen molar-refractivity contribution in [1.29, 1.82) is 0 Å². The van der Waals surface area contributed by atoms with Gasteiger partial charge in [0.25, 0.3) is 0 Å². The molecule has 0 radical (unpaired) electrons. The summed E-state index contributed by atoms with van der Waals surface area (Å²) in [6.45, 7) is 0.973. The highest BCUT2D eigenvalue weighted by molar-refractivity contribution is 7.89. The number of nitro groups is 1. The van der Waals surface area contributed by atoms with Gasteiger partial charge in [-0.3, -0.25) is 10.1 Å². The third-order valence-corrected chi connectivity index (χ3v) is 5.43. The minimum atomic E-state index is -3.85. The van der Waals surface area contributed by atoms with Gasteiger partial charge in [0.2, 0.25) is 10.0 Å². The second kappa shape index (κ2) is 5.96. The van der Waals surface area contributed by atoms with Crippen LogP contribution in [0.5, 0.6) is 5.75 Å². The van der Waals surface area contributed by atoms with E-state index in [4.69, 9.17) is 4.74 Å². The van der Waals surface area contributed by atoms with E-state index in [1.807, 2.05) is 0 Å².